The van der Waals surface area contributed by atoms with E-state index in [-0.39, 0.29) is 5.41 Å². The van der Waals surface area contributed by atoms with E-state index in [1.165, 1.54) is 5.56 Å². The van der Waals surface area contributed by atoms with Gasteiger partial charge in [0.25, 0.3) is 0 Å². The summed E-state index contributed by atoms with van der Waals surface area (Å²) in [6.45, 7) is 7.48. The van der Waals surface area contributed by atoms with Crippen LogP contribution in [0, 0.1) is 9.12 Å². The first-order chi connectivity index (χ1) is 6.92. The average Bonchev–Trinajstić information content (AvgIpc) is 2.12. The lowest BCUT2D eigenvalue weighted by molar-refractivity contribution is 0.125. The van der Waals surface area contributed by atoms with Crippen LogP contribution in [0.2, 0.25) is 0 Å². The lowest BCUT2D eigenvalue weighted by atomic mass is 9.75. The number of nitrogens with zero attached hydrogens (tertiary/aromatic N) is 1. The van der Waals surface area contributed by atoms with Crippen LogP contribution in [-0.2, 0) is 0 Å². The third kappa shape index (κ3) is 2.02. The number of aromatic nitrogens is 1. The molecule has 1 aliphatic rings. The predicted molar refractivity (Wildman–Crippen MR) is 72.3 cm³/mol. The summed E-state index contributed by atoms with van der Waals surface area (Å²) in [4.78, 5) is 4.35. The van der Waals surface area contributed by atoms with Crippen molar-refractivity contribution in [3.05, 3.63) is 19.9 Å². The van der Waals surface area contributed by atoms with Crippen LogP contribution in [0.15, 0.2) is 10.7 Å². The van der Waals surface area contributed by atoms with Crippen LogP contribution in [0.3, 0.4) is 0 Å². The molecule has 2 rings (SSSR count). The molecule has 0 spiro atoms. The van der Waals surface area contributed by atoms with Crippen molar-refractivity contribution < 1.29 is 4.74 Å². The maximum Gasteiger partial charge on any atom is 0.155 e. The van der Waals surface area contributed by atoms with Crippen LogP contribution in [-0.4, -0.2) is 11.6 Å². The zero-order valence-corrected chi connectivity index (χ0v) is 12.7. The maximum atomic E-state index is 5.78. The minimum absolute atomic E-state index is 0.191. The highest BCUT2D eigenvalue weighted by atomic mass is 127. The molecule has 0 fully saturated rings. The summed E-state index contributed by atoms with van der Waals surface area (Å²) in [6.07, 6.45) is 0. The largest absolute Gasteiger partial charge is 0.490 e. The quantitative estimate of drug-likeness (QED) is 0.501. The van der Waals surface area contributed by atoms with Crippen molar-refractivity contribution in [1.82, 2.24) is 4.98 Å². The van der Waals surface area contributed by atoms with Crippen molar-refractivity contribution in [3.63, 3.8) is 0 Å². The first-order valence-electron chi connectivity index (χ1n) is 4.90. The number of rotatable bonds is 0. The highest BCUT2D eigenvalue weighted by Gasteiger charge is 2.35. The molecule has 1 unspecified atom stereocenters. The molecule has 0 saturated heterocycles. The summed E-state index contributed by atoms with van der Waals surface area (Å²) in [7, 11) is 0. The molecule has 1 aromatic rings. The number of halogens is 2. The fraction of sp³-hybridized carbons (Fsp3) is 0.545. The van der Waals surface area contributed by atoms with Gasteiger partial charge in [-0.3, -0.25) is 0 Å². The summed E-state index contributed by atoms with van der Waals surface area (Å²) in [5, 5.41) is 0. The smallest absolute Gasteiger partial charge is 0.155 e. The summed E-state index contributed by atoms with van der Waals surface area (Å²) < 4.78 is 7.61. The maximum absolute atomic E-state index is 5.78. The van der Waals surface area contributed by atoms with Gasteiger partial charge in [-0.15, -0.1) is 0 Å². The van der Waals surface area contributed by atoms with Gasteiger partial charge in [-0.25, -0.2) is 4.98 Å². The zero-order valence-electron chi connectivity index (χ0n) is 8.97. The predicted octanol–water partition coefficient (Wildman–Crippen LogP) is 3.97. The van der Waals surface area contributed by atoms with Gasteiger partial charge in [0.2, 0.25) is 0 Å². The summed E-state index contributed by atoms with van der Waals surface area (Å²) >= 11 is 5.69. The van der Waals surface area contributed by atoms with E-state index in [1.807, 2.05) is 0 Å². The van der Waals surface area contributed by atoms with E-state index in [2.05, 4.69) is 70.3 Å². The lowest BCUT2D eigenvalue weighted by Crippen LogP contribution is -2.32. The Morgan fingerprint density at radius 2 is 2.27 bits per heavy atom. The van der Waals surface area contributed by atoms with Gasteiger partial charge in [-0.2, -0.15) is 0 Å². The number of hydrogen-bond donors (Lipinski definition) is 0. The number of pyridine rings is 1. The molecule has 4 heteroatoms. The highest BCUT2D eigenvalue weighted by molar-refractivity contribution is 14.1. The molecule has 1 aliphatic heterocycles. The van der Waals surface area contributed by atoms with Gasteiger partial charge in [-0.05, 0) is 50.5 Å². The van der Waals surface area contributed by atoms with Gasteiger partial charge in [-0.1, -0.05) is 20.8 Å². The Morgan fingerprint density at radius 1 is 1.60 bits per heavy atom. The van der Waals surface area contributed by atoms with Crippen LogP contribution in [0.25, 0.3) is 0 Å². The molecule has 2 heterocycles. The van der Waals surface area contributed by atoms with Crippen LogP contribution < -0.4 is 4.74 Å². The van der Waals surface area contributed by atoms with Gasteiger partial charge in [0, 0.05) is 11.0 Å². The third-order valence-corrected chi connectivity index (χ3v) is 4.25. The zero-order chi connectivity index (χ0) is 11.2. The van der Waals surface area contributed by atoms with Gasteiger partial charge in [0.05, 0.1) is 6.61 Å². The van der Waals surface area contributed by atoms with E-state index >= 15 is 0 Å². The van der Waals surface area contributed by atoms with Gasteiger partial charge >= 0.3 is 0 Å². The second kappa shape index (κ2) is 3.87. The second-order valence-corrected chi connectivity index (χ2v) is 6.51. The fourth-order valence-electron chi connectivity index (χ4n) is 1.76. The average molecular weight is 382 g/mol. The van der Waals surface area contributed by atoms with Crippen LogP contribution in [0.5, 0.6) is 5.75 Å². The Morgan fingerprint density at radius 3 is 2.93 bits per heavy atom. The Balaban J connectivity index is 2.56. The Bertz CT molecular complexity index is 406. The normalized spacial score (nSPS) is 23.1. The van der Waals surface area contributed by atoms with Crippen molar-refractivity contribution >= 4 is 38.5 Å². The molecule has 1 aromatic heterocycles. The molecular formula is C11H13BrINO. The first-order valence-corrected chi connectivity index (χ1v) is 6.78. The van der Waals surface area contributed by atoms with E-state index in [0.29, 0.717) is 5.92 Å². The summed E-state index contributed by atoms with van der Waals surface area (Å²) in [6, 6.07) is 2.12. The highest BCUT2D eigenvalue weighted by Crippen LogP contribution is 2.46. The van der Waals surface area contributed by atoms with Crippen LogP contribution in [0.1, 0.15) is 32.3 Å². The Labute approximate surface area is 112 Å². The van der Waals surface area contributed by atoms with Crippen molar-refractivity contribution in [2.75, 3.05) is 6.61 Å². The second-order valence-electron chi connectivity index (χ2n) is 4.65. The first kappa shape index (κ1) is 11.6. The molecule has 2 nitrogen and oxygen atoms in total. The van der Waals surface area contributed by atoms with Crippen LogP contribution in [0.4, 0.5) is 0 Å². The van der Waals surface area contributed by atoms with Crippen LogP contribution >= 0.6 is 38.5 Å². The summed E-state index contributed by atoms with van der Waals surface area (Å²) in [5.41, 5.74) is 1.45. The number of hydrogen-bond acceptors (Lipinski definition) is 2. The van der Waals surface area contributed by atoms with Gasteiger partial charge < -0.3 is 4.74 Å². The van der Waals surface area contributed by atoms with Gasteiger partial charge in [0.1, 0.15) is 8.30 Å². The van der Waals surface area contributed by atoms with Crippen molar-refractivity contribution in [2.45, 2.75) is 26.7 Å². The Hall–Kier alpha value is 0.160. The van der Waals surface area contributed by atoms with Crippen molar-refractivity contribution in [2.24, 2.45) is 5.41 Å². The SMILES string of the molecule is CC1c2cc(I)nc(Br)c2OCC1(C)C. The minimum atomic E-state index is 0.191. The summed E-state index contributed by atoms with van der Waals surface area (Å²) in [5.74, 6) is 1.41. The van der Waals surface area contributed by atoms with E-state index < -0.39 is 0 Å². The number of fused-ring (bicyclic) bond motifs is 1. The molecule has 0 saturated carbocycles. The van der Waals surface area contributed by atoms with Crippen molar-refractivity contribution in [1.29, 1.82) is 0 Å². The van der Waals surface area contributed by atoms with E-state index in [4.69, 9.17) is 4.74 Å². The van der Waals surface area contributed by atoms with Gasteiger partial charge in [0.15, 0.2) is 5.75 Å². The van der Waals surface area contributed by atoms with E-state index in [1.54, 1.807) is 0 Å². The van der Waals surface area contributed by atoms with Crippen molar-refractivity contribution in [3.8, 4) is 5.75 Å². The fourth-order valence-corrected chi connectivity index (χ4v) is 3.20. The molecule has 1 atom stereocenters. The third-order valence-electron chi connectivity index (χ3n) is 3.16. The topological polar surface area (TPSA) is 22.1 Å². The molecule has 0 N–H and O–H groups in total. The molecule has 15 heavy (non-hydrogen) atoms. The number of ether oxygens (including phenoxy) is 1. The monoisotopic (exact) mass is 381 g/mol. The molecule has 0 radical (unpaired) electrons. The van der Waals surface area contributed by atoms with E-state index in [0.717, 1.165) is 20.7 Å². The standard InChI is InChI=1S/C11H13BrINO/c1-6-7-4-8(13)14-10(12)9(7)15-5-11(6,2)3/h4,6H,5H2,1-3H3. The molecule has 0 bridgehead atoms. The Kier molecular flexibility index (Phi) is 3.01. The molecule has 0 amide bonds. The lowest BCUT2D eigenvalue weighted by Gasteiger charge is -2.37. The minimum Gasteiger partial charge on any atom is -0.490 e. The van der Waals surface area contributed by atoms with E-state index in [9.17, 15) is 0 Å². The molecule has 0 aromatic carbocycles. The molecule has 82 valence electrons. The molecular weight excluding hydrogens is 369 g/mol. The molecule has 0 aliphatic carbocycles.